The van der Waals surface area contributed by atoms with E-state index in [9.17, 15) is 9.59 Å². The first kappa shape index (κ1) is 13.8. The van der Waals surface area contributed by atoms with Gasteiger partial charge < -0.3 is 4.74 Å². The Morgan fingerprint density at radius 2 is 1.79 bits per heavy atom. The van der Waals surface area contributed by atoms with Crippen LogP contribution in [0.1, 0.15) is 38.2 Å². The fourth-order valence-electron chi connectivity index (χ4n) is 2.96. The largest absolute Gasteiger partial charge is 0.468 e. The van der Waals surface area contributed by atoms with E-state index in [0.717, 1.165) is 0 Å². The molecule has 1 saturated carbocycles. The highest BCUT2D eigenvalue weighted by Crippen LogP contribution is 2.53. The Balaban J connectivity index is 2.18. The summed E-state index contributed by atoms with van der Waals surface area (Å²) in [5, 5.41) is 0. The van der Waals surface area contributed by atoms with Crippen LogP contribution in [0.15, 0.2) is 30.3 Å². The molecule has 0 bridgehead atoms. The van der Waals surface area contributed by atoms with Crippen molar-refractivity contribution in [1.82, 2.24) is 0 Å². The molecule has 0 heterocycles. The molecule has 0 aliphatic heterocycles. The zero-order chi connectivity index (χ0) is 14.0. The summed E-state index contributed by atoms with van der Waals surface area (Å²) < 4.78 is 4.85. The molecule has 0 radical (unpaired) electrons. The molecule has 0 spiro atoms. The Bertz CT molecular complexity index is 470. The maximum Gasteiger partial charge on any atom is 0.319 e. The average Bonchev–Trinajstić information content (AvgIpc) is 2.38. The van der Waals surface area contributed by atoms with Crippen LogP contribution < -0.4 is 0 Å². The lowest BCUT2D eigenvalue weighted by atomic mass is 9.56. The predicted octanol–water partition coefficient (Wildman–Crippen LogP) is 2.95. The van der Waals surface area contributed by atoms with Crippen molar-refractivity contribution in [2.75, 3.05) is 7.11 Å². The predicted molar refractivity (Wildman–Crippen MR) is 72.7 cm³/mol. The van der Waals surface area contributed by atoms with Gasteiger partial charge in [0.15, 0.2) is 5.78 Å². The van der Waals surface area contributed by atoms with Crippen LogP contribution in [0.5, 0.6) is 0 Å². The van der Waals surface area contributed by atoms with Gasteiger partial charge in [0.05, 0.1) is 7.11 Å². The van der Waals surface area contributed by atoms with Crippen LogP contribution in [-0.4, -0.2) is 18.9 Å². The van der Waals surface area contributed by atoms with Crippen molar-refractivity contribution in [3.8, 4) is 0 Å². The molecular formula is C16H20O3. The smallest absolute Gasteiger partial charge is 0.319 e. The van der Waals surface area contributed by atoms with E-state index < -0.39 is 5.41 Å². The van der Waals surface area contributed by atoms with Crippen molar-refractivity contribution in [3.63, 3.8) is 0 Å². The van der Waals surface area contributed by atoms with Crippen LogP contribution in [0.4, 0.5) is 0 Å². The minimum Gasteiger partial charge on any atom is -0.468 e. The molecule has 1 aromatic rings. The topological polar surface area (TPSA) is 43.4 Å². The second-order valence-corrected chi connectivity index (χ2v) is 5.61. The number of benzene rings is 1. The van der Waals surface area contributed by atoms with Gasteiger partial charge in [-0.05, 0) is 24.3 Å². The van der Waals surface area contributed by atoms with Crippen molar-refractivity contribution in [2.24, 2.45) is 11.3 Å². The van der Waals surface area contributed by atoms with Gasteiger partial charge in [0.1, 0.15) is 5.41 Å². The van der Waals surface area contributed by atoms with Crippen LogP contribution in [-0.2, 0) is 14.3 Å². The maximum absolute atomic E-state index is 12.3. The molecule has 0 unspecified atom stereocenters. The van der Waals surface area contributed by atoms with Gasteiger partial charge >= 0.3 is 5.97 Å². The summed E-state index contributed by atoms with van der Waals surface area (Å²) in [6.07, 6.45) is 1.14. The number of hydrogen-bond donors (Lipinski definition) is 0. The molecule has 0 amide bonds. The molecule has 1 aliphatic carbocycles. The molecule has 1 aromatic carbocycles. The Kier molecular flexibility index (Phi) is 3.74. The minimum absolute atomic E-state index is 0.00605. The molecular weight excluding hydrogens is 240 g/mol. The van der Waals surface area contributed by atoms with Gasteiger partial charge in [0.25, 0.3) is 0 Å². The van der Waals surface area contributed by atoms with Gasteiger partial charge in [-0.3, -0.25) is 9.59 Å². The second-order valence-electron chi connectivity index (χ2n) is 5.61. The summed E-state index contributed by atoms with van der Waals surface area (Å²) >= 11 is 0. The van der Waals surface area contributed by atoms with E-state index in [1.807, 2.05) is 44.2 Å². The highest BCUT2D eigenvalue weighted by Gasteiger charge is 2.57. The summed E-state index contributed by atoms with van der Waals surface area (Å²) in [4.78, 5) is 24.3. The van der Waals surface area contributed by atoms with Gasteiger partial charge in [0.2, 0.25) is 0 Å². The first-order chi connectivity index (χ1) is 9.01. The quantitative estimate of drug-likeness (QED) is 0.617. The lowest BCUT2D eigenvalue weighted by Gasteiger charge is -2.45. The van der Waals surface area contributed by atoms with Crippen LogP contribution in [0.25, 0.3) is 0 Å². The highest BCUT2D eigenvalue weighted by molar-refractivity contribution is 6.05. The van der Waals surface area contributed by atoms with E-state index in [0.29, 0.717) is 12.8 Å². The number of ether oxygens (including phenoxy) is 1. The number of hydrogen-bond acceptors (Lipinski definition) is 3. The van der Waals surface area contributed by atoms with E-state index in [1.54, 1.807) is 0 Å². The summed E-state index contributed by atoms with van der Waals surface area (Å²) in [6.45, 7) is 3.67. The summed E-state index contributed by atoms with van der Waals surface area (Å²) in [5.74, 6) is -0.233. The van der Waals surface area contributed by atoms with Crippen molar-refractivity contribution in [3.05, 3.63) is 35.9 Å². The monoisotopic (exact) mass is 260 g/mol. The van der Waals surface area contributed by atoms with E-state index in [4.69, 9.17) is 4.74 Å². The second kappa shape index (κ2) is 5.16. The van der Waals surface area contributed by atoms with Crippen molar-refractivity contribution in [2.45, 2.75) is 32.6 Å². The molecule has 0 aromatic heterocycles. The van der Waals surface area contributed by atoms with Crippen LogP contribution in [0.2, 0.25) is 0 Å². The van der Waals surface area contributed by atoms with Gasteiger partial charge in [-0.1, -0.05) is 44.2 Å². The zero-order valence-electron chi connectivity index (χ0n) is 11.7. The van der Waals surface area contributed by atoms with Crippen LogP contribution in [0, 0.1) is 11.3 Å². The maximum atomic E-state index is 12.3. The number of rotatable bonds is 4. The number of Topliss-reactive ketones (excluding diaryl/α,β-unsaturated/α-hetero) is 1. The molecule has 3 nitrogen and oxygen atoms in total. The van der Waals surface area contributed by atoms with Crippen molar-refractivity contribution in [1.29, 1.82) is 0 Å². The van der Waals surface area contributed by atoms with Crippen LogP contribution >= 0.6 is 0 Å². The van der Waals surface area contributed by atoms with Gasteiger partial charge in [-0.2, -0.15) is 0 Å². The molecule has 1 aliphatic rings. The Labute approximate surface area is 114 Å². The first-order valence-corrected chi connectivity index (χ1v) is 6.69. The molecule has 0 atom stereocenters. The third-order valence-electron chi connectivity index (χ3n) is 4.03. The Hall–Kier alpha value is -1.64. The molecule has 0 N–H and O–H groups in total. The third kappa shape index (κ3) is 2.29. The lowest BCUT2D eigenvalue weighted by Crippen LogP contribution is -2.51. The number of carbonyl (C=O) groups is 2. The Morgan fingerprint density at radius 3 is 2.26 bits per heavy atom. The van der Waals surface area contributed by atoms with Crippen molar-refractivity contribution < 1.29 is 14.3 Å². The molecule has 1 fully saturated rings. The van der Waals surface area contributed by atoms with E-state index >= 15 is 0 Å². The standard InChI is InChI=1S/C16H20O3/c1-11(2)14(17)16(15(18)19-3)9-13(10-16)12-7-5-4-6-8-12/h4-8,11,13H,9-10H2,1-3H3. The number of methoxy groups -OCH3 is 1. The fraction of sp³-hybridized carbons (Fsp3) is 0.500. The first-order valence-electron chi connectivity index (χ1n) is 6.69. The Morgan fingerprint density at radius 1 is 1.21 bits per heavy atom. The number of carbonyl (C=O) groups excluding carboxylic acids is 2. The fourth-order valence-corrected chi connectivity index (χ4v) is 2.96. The lowest BCUT2D eigenvalue weighted by molar-refractivity contribution is -0.166. The third-order valence-corrected chi connectivity index (χ3v) is 4.03. The number of ketones is 1. The molecule has 3 heteroatoms. The SMILES string of the molecule is COC(=O)C1(C(=O)C(C)C)CC(c2ccccc2)C1. The zero-order valence-corrected chi connectivity index (χ0v) is 11.7. The van der Waals surface area contributed by atoms with Crippen molar-refractivity contribution >= 4 is 11.8 Å². The molecule has 2 rings (SSSR count). The van der Waals surface area contributed by atoms with Crippen LogP contribution in [0.3, 0.4) is 0 Å². The molecule has 19 heavy (non-hydrogen) atoms. The average molecular weight is 260 g/mol. The van der Waals surface area contributed by atoms with Gasteiger partial charge in [-0.25, -0.2) is 0 Å². The van der Waals surface area contributed by atoms with E-state index in [1.165, 1.54) is 12.7 Å². The molecule has 0 saturated heterocycles. The van der Waals surface area contributed by atoms with E-state index in [-0.39, 0.29) is 23.6 Å². The van der Waals surface area contributed by atoms with E-state index in [2.05, 4.69) is 0 Å². The molecule has 102 valence electrons. The highest BCUT2D eigenvalue weighted by atomic mass is 16.5. The summed E-state index contributed by atoms with van der Waals surface area (Å²) in [5.41, 5.74) is 0.280. The summed E-state index contributed by atoms with van der Waals surface area (Å²) in [6, 6.07) is 10.0. The van der Waals surface area contributed by atoms with Gasteiger partial charge in [-0.15, -0.1) is 0 Å². The minimum atomic E-state index is -0.913. The summed E-state index contributed by atoms with van der Waals surface area (Å²) in [7, 11) is 1.35. The normalized spacial score (nSPS) is 25.8. The van der Waals surface area contributed by atoms with Gasteiger partial charge in [0, 0.05) is 5.92 Å². The number of esters is 1.